The molecule has 2 heterocycles. The van der Waals surface area contributed by atoms with Crippen molar-refractivity contribution in [3.63, 3.8) is 0 Å². The number of rotatable bonds is 10. The number of aromatic nitrogens is 1. The molecule has 0 radical (unpaired) electrons. The van der Waals surface area contributed by atoms with Crippen LogP contribution in [-0.4, -0.2) is 71.8 Å². The maximum absolute atomic E-state index is 13.3. The van der Waals surface area contributed by atoms with Crippen molar-refractivity contribution in [2.24, 2.45) is 5.41 Å². The molecule has 2 fully saturated rings. The number of methoxy groups -OCH3 is 1. The third kappa shape index (κ3) is 6.86. The number of carbonyl (C=O) groups is 3. The van der Waals surface area contributed by atoms with Gasteiger partial charge in [-0.3, -0.25) is 19.5 Å². The molecular formula is C38H41N3O6. The average Bonchev–Trinajstić information content (AvgIpc) is 3.85. The zero-order valence-corrected chi connectivity index (χ0v) is 27.6. The molecular weight excluding hydrogens is 594 g/mol. The second kappa shape index (κ2) is 13.2. The maximum Gasteiger partial charge on any atom is 0.415 e. The fourth-order valence-corrected chi connectivity index (χ4v) is 6.61. The van der Waals surface area contributed by atoms with Crippen molar-refractivity contribution >= 4 is 28.6 Å². The van der Waals surface area contributed by atoms with Crippen LogP contribution in [0.25, 0.3) is 10.9 Å². The second-order valence-corrected chi connectivity index (χ2v) is 13.0. The fourth-order valence-electron chi connectivity index (χ4n) is 6.61. The van der Waals surface area contributed by atoms with Gasteiger partial charge in [0.15, 0.2) is 23.1 Å². The highest BCUT2D eigenvalue weighted by atomic mass is 16.6. The molecule has 47 heavy (non-hydrogen) atoms. The summed E-state index contributed by atoms with van der Waals surface area (Å²) in [5.74, 6) is 1.79. The van der Waals surface area contributed by atoms with Gasteiger partial charge in [-0.1, -0.05) is 42.0 Å². The number of hydrogen-bond donors (Lipinski definition) is 0. The van der Waals surface area contributed by atoms with Crippen molar-refractivity contribution in [2.45, 2.75) is 58.5 Å². The molecule has 1 saturated heterocycles. The SMILES string of the molecule is COc1cc2c(Oc3ccc(CC(=O)C4(C(=O)Cc5ccc(C)cc5)CC4)cc3)ccnc2cc1OC(=O)N1[C@H](C)CN(C)C[C@@H]1C. The van der Waals surface area contributed by atoms with E-state index in [0.29, 0.717) is 41.0 Å². The zero-order chi connectivity index (χ0) is 33.3. The van der Waals surface area contributed by atoms with Crippen LogP contribution >= 0.6 is 0 Å². The molecule has 0 unspecified atom stereocenters. The minimum atomic E-state index is -0.858. The summed E-state index contributed by atoms with van der Waals surface area (Å²) in [6.07, 6.45) is 2.92. The van der Waals surface area contributed by atoms with Gasteiger partial charge in [0.1, 0.15) is 11.5 Å². The van der Waals surface area contributed by atoms with Gasteiger partial charge in [0, 0.05) is 55.7 Å². The summed E-state index contributed by atoms with van der Waals surface area (Å²) in [5, 5.41) is 0.688. The van der Waals surface area contributed by atoms with Gasteiger partial charge < -0.3 is 19.1 Å². The van der Waals surface area contributed by atoms with E-state index in [1.807, 2.05) is 76.3 Å². The van der Waals surface area contributed by atoms with Crippen LogP contribution in [0.1, 0.15) is 43.4 Å². The average molecular weight is 636 g/mol. The lowest BCUT2D eigenvalue weighted by atomic mass is 9.88. The molecule has 1 amide bonds. The van der Waals surface area contributed by atoms with E-state index in [-0.39, 0.29) is 42.2 Å². The number of fused-ring (bicyclic) bond motifs is 1. The molecule has 2 aliphatic rings. The largest absolute Gasteiger partial charge is 0.493 e. The minimum absolute atomic E-state index is 0.00622. The Hall–Kier alpha value is -4.76. The Morgan fingerprint density at radius 2 is 1.43 bits per heavy atom. The number of aryl methyl sites for hydroxylation is 1. The molecule has 0 N–H and O–H groups in total. The van der Waals surface area contributed by atoms with Crippen LogP contribution < -0.4 is 14.2 Å². The Morgan fingerprint density at radius 1 is 0.830 bits per heavy atom. The lowest BCUT2D eigenvalue weighted by Gasteiger charge is -2.42. The highest BCUT2D eigenvalue weighted by Crippen LogP contribution is 2.49. The fraction of sp³-hybridized carbons (Fsp3) is 0.368. The van der Waals surface area contributed by atoms with Gasteiger partial charge in [-0.15, -0.1) is 0 Å². The Kier molecular flexibility index (Phi) is 9.01. The summed E-state index contributed by atoms with van der Waals surface area (Å²) in [7, 11) is 3.57. The Morgan fingerprint density at radius 3 is 2.00 bits per heavy atom. The van der Waals surface area contributed by atoms with Gasteiger partial charge in [-0.2, -0.15) is 0 Å². The first-order valence-electron chi connectivity index (χ1n) is 16.1. The van der Waals surface area contributed by atoms with Crippen LogP contribution in [0.5, 0.6) is 23.0 Å². The van der Waals surface area contributed by atoms with Crippen molar-refractivity contribution < 1.29 is 28.6 Å². The van der Waals surface area contributed by atoms with Crippen LogP contribution in [0.4, 0.5) is 4.79 Å². The smallest absolute Gasteiger partial charge is 0.415 e. The molecule has 9 heteroatoms. The third-order valence-electron chi connectivity index (χ3n) is 9.32. The van der Waals surface area contributed by atoms with E-state index >= 15 is 0 Å². The molecule has 1 aromatic heterocycles. The molecule has 244 valence electrons. The molecule has 1 saturated carbocycles. The van der Waals surface area contributed by atoms with E-state index in [1.54, 1.807) is 29.3 Å². The van der Waals surface area contributed by atoms with Crippen LogP contribution in [0.2, 0.25) is 0 Å². The topological polar surface area (TPSA) is 98.3 Å². The predicted molar refractivity (Wildman–Crippen MR) is 179 cm³/mol. The van der Waals surface area contributed by atoms with Crippen molar-refractivity contribution in [2.75, 3.05) is 27.2 Å². The van der Waals surface area contributed by atoms with Crippen molar-refractivity contribution in [1.29, 1.82) is 0 Å². The summed E-state index contributed by atoms with van der Waals surface area (Å²) >= 11 is 0. The van der Waals surface area contributed by atoms with Crippen molar-refractivity contribution in [3.8, 4) is 23.0 Å². The minimum Gasteiger partial charge on any atom is -0.493 e. The zero-order valence-electron chi connectivity index (χ0n) is 27.6. The monoisotopic (exact) mass is 635 g/mol. The lowest BCUT2D eigenvalue weighted by molar-refractivity contribution is -0.133. The molecule has 1 aliphatic carbocycles. The second-order valence-electron chi connectivity index (χ2n) is 13.0. The Labute approximate surface area is 275 Å². The molecule has 0 bridgehead atoms. The Balaban J connectivity index is 1.13. The number of ketones is 2. The van der Waals surface area contributed by atoms with Gasteiger partial charge in [0.25, 0.3) is 0 Å². The van der Waals surface area contributed by atoms with E-state index in [0.717, 1.165) is 29.8 Å². The van der Waals surface area contributed by atoms with Crippen LogP contribution in [0, 0.1) is 12.3 Å². The van der Waals surface area contributed by atoms with Gasteiger partial charge in [0.05, 0.1) is 18.0 Å². The van der Waals surface area contributed by atoms with E-state index in [9.17, 15) is 14.4 Å². The summed E-state index contributed by atoms with van der Waals surface area (Å²) in [6.45, 7) is 7.57. The van der Waals surface area contributed by atoms with E-state index < -0.39 is 11.5 Å². The highest BCUT2D eigenvalue weighted by Gasteiger charge is 2.54. The van der Waals surface area contributed by atoms with Gasteiger partial charge >= 0.3 is 6.09 Å². The first-order chi connectivity index (χ1) is 22.6. The third-order valence-corrected chi connectivity index (χ3v) is 9.32. The lowest BCUT2D eigenvalue weighted by Crippen LogP contribution is -2.58. The number of pyridine rings is 1. The molecule has 1 aliphatic heterocycles. The van der Waals surface area contributed by atoms with E-state index in [1.165, 1.54) is 7.11 Å². The van der Waals surface area contributed by atoms with Crippen molar-refractivity contribution in [1.82, 2.24) is 14.8 Å². The first-order valence-corrected chi connectivity index (χ1v) is 16.1. The molecule has 3 aromatic carbocycles. The highest BCUT2D eigenvalue weighted by molar-refractivity contribution is 6.11. The number of carbonyl (C=O) groups excluding carboxylic acids is 3. The van der Waals surface area contributed by atoms with Gasteiger partial charge in [0.2, 0.25) is 0 Å². The number of ether oxygens (including phenoxy) is 3. The van der Waals surface area contributed by atoms with Crippen molar-refractivity contribution in [3.05, 3.63) is 89.6 Å². The number of amides is 1. The first kappa shape index (κ1) is 32.2. The summed E-state index contributed by atoms with van der Waals surface area (Å²) in [5.41, 5.74) is 2.63. The van der Waals surface area contributed by atoms with E-state index in [2.05, 4.69) is 9.88 Å². The summed E-state index contributed by atoms with van der Waals surface area (Å²) < 4.78 is 17.7. The maximum atomic E-state index is 13.3. The number of hydrogen-bond acceptors (Lipinski definition) is 8. The quantitative estimate of drug-likeness (QED) is 0.181. The Bertz CT molecular complexity index is 1790. The van der Waals surface area contributed by atoms with Crippen LogP contribution in [0.15, 0.2) is 72.9 Å². The molecule has 6 rings (SSSR count). The number of benzene rings is 3. The number of likely N-dealkylation sites (N-methyl/N-ethyl adjacent to an activating group) is 1. The van der Waals surface area contributed by atoms with Crippen LogP contribution in [0.3, 0.4) is 0 Å². The van der Waals surface area contributed by atoms with Gasteiger partial charge in [-0.05, 0) is 76.1 Å². The van der Waals surface area contributed by atoms with Crippen LogP contribution in [-0.2, 0) is 22.4 Å². The standard InChI is InChI=1S/C38H41N3O6/c1-24-6-8-27(9-7-24)18-35(42)38(15-16-38)36(43)19-28-10-12-29(13-11-28)46-32-14-17-39-31-21-34(33(45-5)20-30(31)32)47-37(44)41-25(2)22-40(4)23-26(41)3/h6-14,17,20-21,25-26H,15-16,18-19,22-23H2,1-5H3/t25-,26+. The number of piperazine rings is 1. The number of nitrogens with zero attached hydrogens (tertiary/aromatic N) is 3. The predicted octanol–water partition coefficient (Wildman–Crippen LogP) is 6.57. The molecule has 9 nitrogen and oxygen atoms in total. The van der Waals surface area contributed by atoms with E-state index in [4.69, 9.17) is 14.2 Å². The number of Topliss-reactive ketones (excluding diaryl/α,β-unsaturated/α-hetero) is 2. The molecule has 4 aromatic rings. The normalized spacial score (nSPS) is 18.9. The summed E-state index contributed by atoms with van der Waals surface area (Å²) in [6, 6.07) is 20.5. The summed E-state index contributed by atoms with van der Waals surface area (Å²) in [4.78, 5) is 48.1. The molecule has 0 spiro atoms. The molecule has 2 atom stereocenters. The van der Waals surface area contributed by atoms with Gasteiger partial charge in [-0.25, -0.2) is 4.79 Å².